The minimum Gasteiger partial charge on any atom is -0.352 e. The molecule has 0 unspecified atom stereocenters. The van der Waals surface area contributed by atoms with E-state index in [9.17, 15) is 18.0 Å². The smallest absolute Gasteiger partial charge is 0.244 e. The maximum atomic E-state index is 13.7. The highest BCUT2D eigenvalue weighted by Crippen LogP contribution is 2.22. The van der Waals surface area contributed by atoms with Crippen LogP contribution in [0.15, 0.2) is 54.6 Å². The average molecular weight is 612 g/mol. The molecule has 35 heavy (non-hydrogen) atoms. The van der Waals surface area contributed by atoms with E-state index in [0.29, 0.717) is 12.1 Å². The molecule has 1 N–H and O–H groups in total. The molecular weight excluding hydrogens is 577 g/mol. The third-order valence-electron chi connectivity index (χ3n) is 6.33. The lowest BCUT2D eigenvalue weighted by Crippen LogP contribution is -2.53. The van der Waals surface area contributed by atoms with E-state index in [1.54, 1.807) is 24.3 Å². The fourth-order valence-corrected chi connectivity index (χ4v) is 5.67. The lowest BCUT2D eigenvalue weighted by Gasteiger charge is -2.34. The summed E-state index contributed by atoms with van der Waals surface area (Å²) >= 11 is 2.14. The number of anilines is 1. The van der Waals surface area contributed by atoms with E-state index in [2.05, 4.69) is 27.9 Å². The predicted octanol–water partition coefficient (Wildman–Crippen LogP) is 4.31. The van der Waals surface area contributed by atoms with Gasteiger partial charge in [0, 0.05) is 16.2 Å². The number of hydrogen-bond donors (Lipinski definition) is 1. The fraction of sp³-hybridized carbons (Fsp3) is 0.462. The van der Waals surface area contributed by atoms with Crippen LogP contribution in [0.2, 0.25) is 0 Å². The number of carbonyl (C=O) groups is 2. The molecule has 3 rings (SSSR count). The molecule has 0 aliphatic heterocycles. The summed E-state index contributed by atoms with van der Waals surface area (Å²) in [5.41, 5.74) is 1.30. The van der Waals surface area contributed by atoms with Crippen LogP contribution in [-0.2, 0) is 26.2 Å². The maximum Gasteiger partial charge on any atom is 0.244 e. The highest BCUT2D eigenvalue weighted by molar-refractivity contribution is 14.1. The quantitative estimate of drug-likeness (QED) is 0.406. The van der Waals surface area contributed by atoms with Gasteiger partial charge in [-0.1, -0.05) is 56.5 Å². The number of rotatable bonds is 10. The summed E-state index contributed by atoms with van der Waals surface area (Å²) in [4.78, 5) is 28.5. The molecule has 0 radical (unpaired) electrons. The van der Waals surface area contributed by atoms with Crippen molar-refractivity contribution in [3.8, 4) is 0 Å². The topological polar surface area (TPSA) is 86.8 Å². The zero-order valence-electron chi connectivity index (χ0n) is 20.3. The van der Waals surface area contributed by atoms with Crippen molar-refractivity contribution in [1.29, 1.82) is 0 Å². The second-order valence-corrected chi connectivity index (χ2v) is 12.2. The number of halogens is 1. The largest absolute Gasteiger partial charge is 0.352 e. The molecule has 1 aliphatic rings. The summed E-state index contributed by atoms with van der Waals surface area (Å²) in [6.45, 7) is 1.73. The first-order valence-electron chi connectivity index (χ1n) is 12.1. The molecule has 1 atom stereocenters. The Morgan fingerprint density at radius 1 is 1.03 bits per heavy atom. The van der Waals surface area contributed by atoms with Gasteiger partial charge in [0.05, 0.1) is 11.9 Å². The first-order chi connectivity index (χ1) is 16.7. The van der Waals surface area contributed by atoms with Crippen LogP contribution in [0.1, 0.15) is 51.0 Å². The summed E-state index contributed by atoms with van der Waals surface area (Å²) < 4.78 is 27.4. The highest BCUT2D eigenvalue weighted by Gasteiger charge is 2.32. The van der Waals surface area contributed by atoms with Crippen molar-refractivity contribution in [2.24, 2.45) is 0 Å². The molecule has 0 heterocycles. The minimum atomic E-state index is -3.72. The molecule has 9 heteroatoms. The number of nitrogens with zero attached hydrogens (tertiary/aromatic N) is 2. The first kappa shape index (κ1) is 27.4. The number of hydrogen-bond acceptors (Lipinski definition) is 4. The average Bonchev–Trinajstić information content (AvgIpc) is 2.83. The van der Waals surface area contributed by atoms with E-state index < -0.39 is 22.0 Å². The van der Waals surface area contributed by atoms with Crippen molar-refractivity contribution in [2.75, 3.05) is 17.1 Å². The molecule has 2 aromatic rings. The van der Waals surface area contributed by atoms with Crippen LogP contribution >= 0.6 is 22.6 Å². The second-order valence-electron chi connectivity index (χ2n) is 9.02. The van der Waals surface area contributed by atoms with Gasteiger partial charge in [0.25, 0.3) is 0 Å². The van der Waals surface area contributed by atoms with Gasteiger partial charge in [-0.3, -0.25) is 13.9 Å². The Morgan fingerprint density at radius 2 is 1.66 bits per heavy atom. The predicted molar refractivity (Wildman–Crippen MR) is 147 cm³/mol. The lowest BCUT2D eigenvalue weighted by atomic mass is 9.95. The van der Waals surface area contributed by atoms with E-state index in [4.69, 9.17) is 0 Å². The number of benzene rings is 2. The van der Waals surface area contributed by atoms with E-state index in [1.165, 1.54) is 11.3 Å². The van der Waals surface area contributed by atoms with Gasteiger partial charge in [-0.15, -0.1) is 0 Å². The molecule has 190 valence electrons. The van der Waals surface area contributed by atoms with Crippen LogP contribution < -0.4 is 9.62 Å². The van der Waals surface area contributed by atoms with E-state index in [-0.39, 0.29) is 25.0 Å². The van der Waals surface area contributed by atoms with Crippen LogP contribution in [0.5, 0.6) is 0 Å². The van der Waals surface area contributed by atoms with E-state index >= 15 is 0 Å². The van der Waals surface area contributed by atoms with Gasteiger partial charge < -0.3 is 10.2 Å². The van der Waals surface area contributed by atoms with E-state index in [0.717, 1.165) is 45.4 Å². The number of amides is 2. The van der Waals surface area contributed by atoms with Crippen molar-refractivity contribution >= 4 is 50.1 Å². The van der Waals surface area contributed by atoms with Gasteiger partial charge in [-0.25, -0.2) is 8.42 Å². The summed E-state index contributed by atoms with van der Waals surface area (Å²) in [5.74, 6) is -0.590. The molecule has 7 nitrogen and oxygen atoms in total. The van der Waals surface area contributed by atoms with Crippen molar-refractivity contribution in [2.45, 2.75) is 64.1 Å². The van der Waals surface area contributed by atoms with Crippen LogP contribution in [0.25, 0.3) is 0 Å². The Bertz CT molecular complexity index is 1090. The Labute approximate surface area is 222 Å². The molecule has 1 saturated carbocycles. The van der Waals surface area contributed by atoms with Gasteiger partial charge in [0.15, 0.2) is 0 Å². The van der Waals surface area contributed by atoms with Crippen LogP contribution in [-0.4, -0.2) is 50.0 Å². The van der Waals surface area contributed by atoms with Gasteiger partial charge in [0.2, 0.25) is 21.8 Å². The summed E-state index contributed by atoms with van der Waals surface area (Å²) in [6, 6.07) is 15.9. The molecular formula is C26H34IN3O4S. The monoisotopic (exact) mass is 611 g/mol. The van der Waals surface area contributed by atoms with Gasteiger partial charge in [-0.2, -0.15) is 0 Å². The number of carbonyl (C=O) groups excluding carboxylic acids is 2. The van der Waals surface area contributed by atoms with E-state index in [1.807, 2.05) is 37.3 Å². The molecule has 0 saturated heterocycles. The number of sulfonamides is 1. The summed E-state index contributed by atoms with van der Waals surface area (Å²) in [5, 5.41) is 3.15. The SMILES string of the molecule is CC[C@H](C(=O)NC1CCCCC1)N(Cc1ccccc1)C(=O)CN(c1ccc(I)cc1)S(C)(=O)=O. The first-order valence-corrected chi connectivity index (χ1v) is 15.0. The fourth-order valence-electron chi connectivity index (χ4n) is 4.46. The van der Waals surface area contributed by atoms with Crippen molar-refractivity contribution in [3.63, 3.8) is 0 Å². The van der Waals surface area contributed by atoms with Crippen LogP contribution in [0.4, 0.5) is 5.69 Å². The Morgan fingerprint density at radius 3 is 2.23 bits per heavy atom. The Balaban J connectivity index is 1.88. The molecule has 2 aromatic carbocycles. The zero-order valence-corrected chi connectivity index (χ0v) is 23.3. The van der Waals surface area contributed by atoms with Crippen LogP contribution in [0.3, 0.4) is 0 Å². The standard InChI is InChI=1S/C26H34IN3O4S/c1-3-24(26(32)28-22-12-8-5-9-13-22)29(18-20-10-6-4-7-11-20)25(31)19-30(35(2,33)34)23-16-14-21(27)15-17-23/h4,6-7,10-11,14-17,22,24H,3,5,8-9,12-13,18-19H2,1-2H3,(H,28,32)/t24-/m1/s1. The minimum absolute atomic E-state index is 0.123. The second kappa shape index (κ2) is 12.7. The number of nitrogens with one attached hydrogen (secondary N) is 1. The highest BCUT2D eigenvalue weighted by atomic mass is 127. The van der Waals surface area contributed by atoms with Crippen molar-refractivity contribution < 1.29 is 18.0 Å². The third-order valence-corrected chi connectivity index (χ3v) is 8.19. The zero-order chi connectivity index (χ0) is 25.4. The van der Waals surface area contributed by atoms with Crippen molar-refractivity contribution in [3.05, 3.63) is 63.7 Å². The summed E-state index contributed by atoms with van der Waals surface area (Å²) in [7, 11) is -3.72. The third kappa shape index (κ3) is 7.93. The Kier molecular flexibility index (Phi) is 9.97. The normalized spacial score (nSPS) is 15.3. The van der Waals surface area contributed by atoms with Gasteiger partial charge in [-0.05, 0) is 71.7 Å². The molecule has 0 bridgehead atoms. The molecule has 0 spiro atoms. The molecule has 1 fully saturated rings. The lowest BCUT2D eigenvalue weighted by molar-refractivity contribution is -0.140. The molecule has 0 aromatic heterocycles. The molecule has 1 aliphatic carbocycles. The maximum absolute atomic E-state index is 13.7. The van der Waals surface area contributed by atoms with Crippen molar-refractivity contribution in [1.82, 2.24) is 10.2 Å². The Hall–Kier alpha value is -2.14. The molecule has 2 amide bonds. The summed E-state index contributed by atoms with van der Waals surface area (Å²) in [6.07, 6.45) is 6.78. The van der Waals surface area contributed by atoms with Gasteiger partial charge >= 0.3 is 0 Å². The van der Waals surface area contributed by atoms with Gasteiger partial charge in [0.1, 0.15) is 12.6 Å². The van der Waals surface area contributed by atoms with Crippen LogP contribution in [0, 0.1) is 3.57 Å².